The molecule has 1 aromatic heterocycles. The van der Waals surface area contributed by atoms with Gasteiger partial charge in [-0.2, -0.15) is 5.10 Å². The summed E-state index contributed by atoms with van der Waals surface area (Å²) in [4.78, 5) is 4.15. The van der Waals surface area contributed by atoms with Crippen molar-refractivity contribution in [2.24, 2.45) is 7.05 Å². The number of hydrogen-bond acceptors (Lipinski definition) is 2. The maximum Gasteiger partial charge on any atom is 0.184 e. The molecule has 0 atom stereocenters. The monoisotopic (exact) mass is 191 g/mol. The molecule has 72 valence electrons. The lowest BCUT2D eigenvalue weighted by molar-refractivity contribution is 0.629. The predicted octanol–water partition coefficient (Wildman–Crippen LogP) is 1.93. The van der Waals surface area contributed by atoms with Crippen molar-refractivity contribution in [3.63, 3.8) is 0 Å². The van der Waals surface area contributed by atoms with E-state index in [-0.39, 0.29) is 5.82 Å². The van der Waals surface area contributed by atoms with Crippen LogP contribution in [0.4, 0.5) is 4.39 Å². The van der Waals surface area contributed by atoms with Crippen LogP contribution in [0.5, 0.6) is 0 Å². The Morgan fingerprint density at radius 1 is 1.29 bits per heavy atom. The largest absolute Gasteiger partial charge is 0.253 e. The second-order valence-electron chi connectivity index (χ2n) is 3.09. The Balaban J connectivity index is 2.55. The van der Waals surface area contributed by atoms with Crippen LogP contribution in [0.15, 0.2) is 24.3 Å². The van der Waals surface area contributed by atoms with E-state index in [2.05, 4.69) is 10.1 Å². The lowest BCUT2D eigenvalue weighted by Crippen LogP contribution is -1.92. The zero-order chi connectivity index (χ0) is 10.1. The third kappa shape index (κ3) is 1.39. The van der Waals surface area contributed by atoms with Crippen LogP contribution in [0.3, 0.4) is 0 Å². The Morgan fingerprint density at radius 3 is 2.57 bits per heavy atom. The van der Waals surface area contributed by atoms with E-state index in [1.54, 1.807) is 29.9 Å². The Labute approximate surface area is 81.2 Å². The molecule has 0 aliphatic heterocycles. The van der Waals surface area contributed by atoms with Gasteiger partial charge in [0, 0.05) is 7.05 Å². The molecule has 0 fully saturated rings. The Morgan fingerprint density at radius 2 is 2.00 bits per heavy atom. The summed E-state index contributed by atoms with van der Waals surface area (Å²) in [6.45, 7) is 1.83. The molecule has 2 rings (SSSR count). The zero-order valence-corrected chi connectivity index (χ0v) is 8.03. The van der Waals surface area contributed by atoms with Gasteiger partial charge in [-0.3, -0.25) is 4.68 Å². The van der Waals surface area contributed by atoms with Gasteiger partial charge in [0.15, 0.2) is 5.82 Å². The molecular formula is C10H10FN3. The van der Waals surface area contributed by atoms with Gasteiger partial charge >= 0.3 is 0 Å². The highest BCUT2D eigenvalue weighted by molar-refractivity contribution is 5.55. The molecule has 0 bridgehead atoms. The van der Waals surface area contributed by atoms with Gasteiger partial charge in [-0.05, 0) is 19.1 Å². The summed E-state index contributed by atoms with van der Waals surface area (Å²) in [5.41, 5.74) is 0.441. The van der Waals surface area contributed by atoms with Crippen molar-refractivity contribution in [3.05, 3.63) is 35.9 Å². The number of hydrogen-bond donors (Lipinski definition) is 0. The van der Waals surface area contributed by atoms with Crippen molar-refractivity contribution < 1.29 is 4.39 Å². The summed E-state index contributed by atoms with van der Waals surface area (Å²) in [6, 6.07) is 6.49. The molecule has 0 aliphatic carbocycles. The van der Waals surface area contributed by atoms with Gasteiger partial charge in [0.25, 0.3) is 0 Å². The molecule has 1 heterocycles. The molecule has 0 spiro atoms. The highest BCUT2D eigenvalue weighted by atomic mass is 19.1. The van der Waals surface area contributed by atoms with Crippen molar-refractivity contribution in [1.82, 2.24) is 14.8 Å². The summed E-state index contributed by atoms with van der Waals surface area (Å²) < 4.78 is 15.0. The first kappa shape index (κ1) is 8.87. The molecule has 14 heavy (non-hydrogen) atoms. The fraction of sp³-hybridized carbons (Fsp3) is 0.200. The standard InChI is InChI=1S/C10H10FN3/c1-7-12-10(13-14(7)2)8-5-3-4-6-9(8)11/h3-6H,1-2H3. The molecule has 0 saturated heterocycles. The third-order valence-corrected chi connectivity index (χ3v) is 2.10. The number of rotatable bonds is 1. The summed E-state index contributed by atoms with van der Waals surface area (Å²) in [6.07, 6.45) is 0. The van der Waals surface area contributed by atoms with Gasteiger partial charge in [-0.1, -0.05) is 12.1 Å². The molecular weight excluding hydrogens is 181 g/mol. The van der Waals surface area contributed by atoms with Crippen LogP contribution in [0, 0.1) is 12.7 Å². The molecule has 1 aromatic carbocycles. The van der Waals surface area contributed by atoms with E-state index in [1.165, 1.54) is 6.07 Å². The van der Waals surface area contributed by atoms with Gasteiger partial charge in [-0.25, -0.2) is 9.37 Å². The predicted molar refractivity (Wildman–Crippen MR) is 51.1 cm³/mol. The van der Waals surface area contributed by atoms with Crippen LogP contribution in [0.25, 0.3) is 11.4 Å². The first-order valence-electron chi connectivity index (χ1n) is 4.31. The van der Waals surface area contributed by atoms with E-state index in [0.717, 1.165) is 5.82 Å². The average molecular weight is 191 g/mol. The first-order chi connectivity index (χ1) is 6.68. The summed E-state index contributed by atoms with van der Waals surface area (Å²) in [5, 5.41) is 4.11. The molecule has 0 aliphatic rings. The van der Waals surface area contributed by atoms with Gasteiger partial charge in [0.05, 0.1) is 5.56 Å². The molecule has 4 heteroatoms. The summed E-state index contributed by atoms with van der Waals surface area (Å²) in [5.74, 6) is 0.907. The first-order valence-corrected chi connectivity index (χ1v) is 4.31. The maximum absolute atomic E-state index is 13.3. The lowest BCUT2D eigenvalue weighted by Gasteiger charge is -1.95. The van der Waals surface area contributed by atoms with Gasteiger partial charge < -0.3 is 0 Å². The van der Waals surface area contributed by atoms with Crippen LogP contribution < -0.4 is 0 Å². The highest BCUT2D eigenvalue weighted by Crippen LogP contribution is 2.18. The Kier molecular flexibility index (Phi) is 2.04. The topological polar surface area (TPSA) is 30.7 Å². The average Bonchev–Trinajstić information content (AvgIpc) is 2.48. The van der Waals surface area contributed by atoms with Crippen molar-refractivity contribution in [2.45, 2.75) is 6.92 Å². The summed E-state index contributed by atoms with van der Waals surface area (Å²) >= 11 is 0. The quantitative estimate of drug-likeness (QED) is 0.689. The highest BCUT2D eigenvalue weighted by Gasteiger charge is 2.09. The lowest BCUT2D eigenvalue weighted by atomic mass is 10.2. The van der Waals surface area contributed by atoms with E-state index >= 15 is 0 Å². The fourth-order valence-corrected chi connectivity index (χ4v) is 1.22. The number of halogens is 1. The normalized spacial score (nSPS) is 10.5. The minimum Gasteiger partial charge on any atom is -0.253 e. The van der Waals surface area contributed by atoms with Crippen molar-refractivity contribution in [3.8, 4) is 11.4 Å². The second-order valence-corrected chi connectivity index (χ2v) is 3.09. The van der Waals surface area contributed by atoms with Crippen LogP contribution in [0.1, 0.15) is 5.82 Å². The number of aromatic nitrogens is 3. The van der Waals surface area contributed by atoms with Crippen molar-refractivity contribution >= 4 is 0 Å². The summed E-state index contributed by atoms with van der Waals surface area (Å²) in [7, 11) is 1.78. The zero-order valence-electron chi connectivity index (χ0n) is 8.03. The van der Waals surface area contributed by atoms with Gasteiger partial charge in [0.1, 0.15) is 11.6 Å². The molecule has 0 saturated carbocycles. The third-order valence-electron chi connectivity index (χ3n) is 2.10. The molecule has 3 nitrogen and oxygen atoms in total. The number of benzene rings is 1. The van der Waals surface area contributed by atoms with Gasteiger partial charge in [0.2, 0.25) is 0 Å². The SMILES string of the molecule is Cc1nc(-c2ccccc2F)nn1C. The molecule has 0 unspecified atom stereocenters. The van der Waals surface area contributed by atoms with Gasteiger partial charge in [-0.15, -0.1) is 0 Å². The number of aryl methyl sites for hydroxylation is 2. The minimum atomic E-state index is -0.293. The van der Waals surface area contributed by atoms with E-state index < -0.39 is 0 Å². The molecule has 0 radical (unpaired) electrons. The Bertz CT molecular complexity index is 443. The van der Waals surface area contributed by atoms with Crippen LogP contribution in [0.2, 0.25) is 0 Å². The van der Waals surface area contributed by atoms with Crippen molar-refractivity contribution in [1.29, 1.82) is 0 Å². The van der Waals surface area contributed by atoms with E-state index in [1.807, 2.05) is 6.92 Å². The smallest absolute Gasteiger partial charge is 0.184 e. The Hall–Kier alpha value is -1.71. The number of nitrogens with zero attached hydrogens (tertiary/aromatic N) is 3. The van der Waals surface area contributed by atoms with Crippen LogP contribution in [-0.4, -0.2) is 14.8 Å². The van der Waals surface area contributed by atoms with E-state index in [0.29, 0.717) is 11.4 Å². The van der Waals surface area contributed by atoms with E-state index in [9.17, 15) is 4.39 Å². The molecule has 0 amide bonds. The minimum absolute atomic E-state index is 0.293. The maximum atomic E-state index is 13.3. The second kappa shape index (κ2) is 3.21. The van der Waals surface area contributed by atoms with Crippen molar-refractivity contribution in [2.75, 3.05) is 0 Å². The molecule has 0 N–H and O–H groups in total. The van der Waals surface area contributed by atoms with E-state index in [4.69, 9.17) is 0 Å². The fourth-order valence-electron chi connectivity index (χ4n) is 1.22. The van der Waals surface area contributed by atoms with Crippen LogP contribution in [-0.2, 0) is 7.05 Å². The molecule has 2 aromatic rings. The van der Waals surface area contributed by atoms with Crippen LogP contribution >= 0.6 is 0 Å².